The van der Waals surface area contributed by atoms with E-state index in [1.54, 1.807) is 18.9 Å². The van der Waals surface area contributed by atoms with Crippen LogP contribution in [0.25, 0.3) is 11.3 Å². The van der Waals surface area contributed by atoms with Crippen molar-refractivity contribution in [1.82, 2.24) is 35.5 Å². The molecule has 4 heterocycles. The number of fused-ring (bicyclic) bond motifs is 3. The number of nitrogens with zero attached hydrogens (tertiary/aromatic N) is 7. The largest absolute Gasteiger partial charge is 0.573 e. The zero-order valence-electron chi connectivity index (χ0n) is 23.2. The van der Waals surface area contributed by atoms with Crippen LogP contribution >= 0.6 is 0 Å². The molecule has 5 rings (SSSR count). The summed E-state index contributed by atoms with van der Waals surface area (Å²) >= 11 is 0. The molecule has 3 aromatic rings. The van der Waals surface area contributed by atoms with Crippen LogP contribution in [0.4, 0.5) is 36.2 Å². The number of anilines is 4. The number of aromatic nitrogens is 6. The first-order valence-corrected chi connectivity index (χ1v) is 11.3. The van der Waals surface area contributed by atoms with Gasteiger partial charge < -0.3 is 25.6 Å². The lowest BCUT2D eigenvalue weighted by Gasteiger charge is -2.34. The molecule has 1 saturated carbocycles. The summed E-state index contributed by atoms with van der Waals surface area (Å²) in [5.74, 6) is -2.34. The molecule has 1 aliphatic heterocycles. The van der Waals surface area contributed by atoms with E-state index in [-0.39, 0.29) is 46.1 Å². The van der Waals surface area contributed by atoms with Crippen molar-refractivity contribution >= 4 is 34.8 Å². The molecule has 16 heteroatoms. The number of halogens is 3. The molecule has 3 N–H and O–H groups in total. The number of rotatable bonds is 6. The van der Waals surface area contributed by atoms with Crippen LogP contribution < -0.4 is 25.6 Å². The fraction of sp³-hybridized carbons (Fsp3) is 0.409. The van der Waals surface area contributed by atoms with E-state index in [9.17, 15) is 22.8 Å². The molecule has 3 aromatic heterocycles. The van der Waals surface area contributed by atoms with Gasteiger partial charge in [-0.3, -0.25) is 9.59 Å². The Morgan fingerprint density at radius 3 is 2.66 bits per heavy atom. The fourth-order valence-electron chi connectivity index (χ4n) is 4.08. The number of nitrogens with one attached hydrogen (secondary N) is 3. The van der Waals surface area contributed by atoms with Gasteiger partial charge in [0.05, 0.1) is 29.2 Å². The summed E-state index contributed by atoms with van der Waals surface area (Å²) in [5, 5.41) is 23.4. The zero-order valence-corrected chi connectivity index (χ0v) is 20.2. The summed E-state index contributed by atoms with van der Waals surface area (Å²) < 4.78 is 66.4. The average molecular weight is 536 g/mol. The molecule has 200 valence electrons. The van der Waals surface area contributed by atoms with E-state index in [1.807, 2.05) is 5.32 Å². The number of hydrogen-bond donors (Lipinski definition) is 3. The lowest BCUT2D eigenvalue weighted by atomic mass is 9.98. The molecule has 0 unspecified atom stereocenters. The molecule has 38 heavy (non-hydrogen) atoms. The van der Waals surface area contributed by atoms with Gasteiger partial charge in [0, 0.05) is 37.2 Å². The Hall–Kier alpha value is -4.50. The van der Waals surface area contributed by atoms with E-state index in [4.69, 9.17) is 4.11 Å². The maximum atomic E-state index is 13.3. The number of aryl methyl sites for hydroxylation is 1. The third-order valence-corrected chi connectivity index (χ3v) is 6.13. The Morgan fingerprint density at radius 2 is 1.97 bits per heavy atom. The molecule has 0 bridgehead atoms. The number of carbonyl (C=O) groups is 2. The maximum Gasteiger partial charge on any atom is 0.573 e. The number of amides is 2. The van der Waals surface area contributed by atoms with E-state index >= 15 is 0 Å². The summed E-state index contributed by atoms with van der Waals surface area (Å²) in [6.07, 6.45) is -2.79. The minimum absolute atomic E-state index is 0.0429. The van der Waals surface area contributed by atoms with Crippen molar-refractivity contribution in [3.63, 3.8) is 0 Å². The Bertz CT molecular complexity index is 1540. The van der Waals surface area contributed by atoms with Gasteiger partial charge in [-0.05, 0) is 19.8 Å². The van der Waals surface area contributed by atoms with Crippen LogP contribution in [0.3, 0.4) is 0 Å². The minimum Gasteiger partial charge on any atom is -0.403 e. The van der Waals surface area contributed by atoms with Gasteiger partial charge in [0.1, 0.15) is 11.4 Å². The SMILES string of the molecule is [2H]C([2H])([2H])NC(=O)c1nnc(NC(=O)C2CC2)cc1Nc1ncc(OC(F)(F)F)c2c1N(C)[C@H](C)c1nn(C)nc1-2. The van der Waals surface area contributed by atoms with Crippen molar-refractivity contribution in [3.8, 4) is 17.0 Å². The molecule has 2 amide bonds. The topological polar surface area (TPSA) is 152 Å². The summed E-state index contributed by atoms with van der Waals surface area (Å²) in [7, 11) is 3.12. The molecule has 1 aliphatic carbocycles. The second kappa shape index (κ2) is 9.11. The van der Waals surface area contributed by atoms with E-state index in [2.05, 4.69) is 40.7 Å². The first-order chi connectivity index (χ1) is 19.1. The van der Waals surface area contributed by atoms with Crippen LogP contribution in [0.2, 0.25) is 0 Å². The van der Waals surface area contributed by atoms with Crippen LogP contribution in [0.15, 0.2) is 12.3 Å². The van der Waals surface area contributed by atoms with E-state index in [1.165, 1.54) is 17.9 Å². The first kappa shape index (κ1) is 21.6. The van der Waals surface area contributed by atoms with E-state index in [0.29, 0.717) is 18.5 Å². The molecule has 2 aliphatic rings. The smallest absolute Gasteiger partial charge is 0.403 e. The molecular weight excluding hydrogens is 509 g/mol. The highest BCUT2D eigenvalue weighted by Crippen LogP contribution is 2.50. The van der Waals surface area contributed by atoms with Crippen molar-refractivity contribution < 1.29 is 31.6 Å². The molecule has 0 saturated heterocycles. The van der Waals surface area contributed by atoms with Gasteiger partial charge in [-0.2, -0.15) is 15.0 Å². The molecular formula is C22H23F3N10O3. The van der Waals surface area contributed by atoms with Crippen molar-refractivity contribution in [3.05, 3.63) is 23.7 Å². The van der Waals surface area contributed by atoms with Crippen LogP contribution in [0.5, 0.6) is 5.75 Å². The van der Waals surface area contributed by atoms with Crippen LogP contribution in [-0.4, -0.2) is 62.4 Å². The predicted molar refractivity (Wildman–Crippen MR) is 128 cm³/mol. The third-order valence-electron chi connectivity index (χ3n) is 6.13. The molecule has 0 aromatic carbocycles. The monoisotopic (exact) mass is 535 g/mol. The minimum atomic E-state index is -5.04. The Morgan fingerprint density at radius 1 is 1.21 bits per heavy atom. The number of alkyl halides is 3. The lowest BCUT2D eigenvalue weighted by molar-refractivity contribution is -0.274. The third kappa shape index (κ3) is 4.64. The highest BCUT2D eigenvalue weighted by atomic mass is 19.4. The molecule has 1 atom stereocenters. The summed E-state index contributed by atoms with van der Waals surface area (Å²) in [4.78, 5) is 32.0. The quantitative estimate of drug-likeness (QED) is 0.429. The van der Waals surface area contributed by atoms with Gasteiger partial charge in [-0.15, -0.1) is 23.4 Å². The van der Waals surface area contributed by atoms with Crippen molar-refractivity contribution in [2.75, 3.05) is 29.6 Å². The number of hydrogen-bond acceptors (Lipinski definition) is 10. The Kier molecular flexibility index (Phi) is 5.17. The molecule has 1 fully saturated rings. The van der Waals surface area contributed by atoms with E-state index in [0.717, 1.165) is 6.20 Å². The second-order valence-electron chi connectivity index (χ2n) is 8.79. The van der Waals surface area contributed by atoms with Gasteiger partial charge in [0.25, 0.3) is 5.91 Å². The van der Waals surface area contributed by atoms with Gasteiger partial charge in [0.15, 0.2) is 23.1 Å². The zero-order chi connectivity index (χ0) is 29.9. The fourth-order valence-corrected chi connectivity index (χ4v) is 4.08. The Labute approximate surface area is 218 Å². The standard InChI is InChI=1S/C22H23F3N10O3/c1-9-15-17(33-35(4)32-15)14-12(38-22(23,24)25)8-27-19(18(14)34(9)3)28-11-7-13(29-20(36)10-5-6-10)30-31-16(11)21(37)26-2/h7-10H,5-6H2,1-4H3,(H,26,37)(H2,27,28,29,30,36)/t9-/m1/s1/i2D3. The van der Waals surface area contributed by atoms with Gasteiger partial charge in [-0.1, -0.05) is 0 Å². The van der Waals surface area contributed by atoms with Crippen molar-refractivity contribution in [2.45, 2.75) is 32.2 Å². The average Bonchev–Trinajstić information content (AvgIpc) is 3.63. The molecule has 0 spiro atoms. The normalized spacial score (nSPS) is 17.9. The number of carbonyl (C=O) groups excluding carboxylic acids is 2. The first-order valence-electron chi connectivity index (χ1n) is 12.8. The summed E-state index contributed by atoms with van der Waals surface area (Å²) in [6.45, 7) is -1.10. The van der Waals surface area contributed by atoms with Gasteiger partial charge in [-0.25, -0.2) is 4.98 Å². The highest BCUT2D eigenvalue weighted by Gasteiger charge is 2.39. The predicted octanol–water partition coefficient (Wildman–Crippen LogP) is 2.53. The number of pyridine rings is 1. The van der Waals surface area contributed by atoms with E-state index < -0.39 is 36.7 Å². The van der Waals surface area contributed by atoms with Gasteiger partial charge in [0.2, 0.25) is 5.91 Å². The second-order valence-corrected chi connectivity index (χ2v) is 8.79. The van der Waals surface area contributed by atoms with Crippen LogP contribution in [0.1, 0.15) is 46.1 Å². The van der Waals surface area contributed by atoms with Crippen LogP contribution in [0, 0.1) is 5.92 Å². The molecule has 0 radical (unpaired) electrons. The summed E-state index contributed by atoms with van der Waals surface area (Å²) in [6, 6.07) is 0.771. The lowest BCUT2D eigenvalue weighted by Crippen LogP contribution is -2.29. The highest BCUT2D eigenvalue weighted by molar-refractivity contribution is 6.01. The Balaban J connectivity index is 1.64. The van der Waals surface area contributed by atoms with Crippen LogP contribution in [-0.2, 0) is 11.8 Å². The van der Waals surface area contributed by atoms with Crippen molar-refractivity contribution in [1.29, 1.82) is 0 Å². The number of ether oxygens (including phenoxy) is 1. The molecule has 13 nitrogen and oxygen atoms in total. The van der Waals surface area contributed by atoms with Gasteiger partial charge >= 0.3 is 6.36 Å². The summed E-state index contributed by atoms with van der Waals surface area (Å²) in [5.41, 5.74) is -0.0268. The maximum absolute atomic E-state index is 13.3. The van der Waals surface area contributed by atoms with Crippen molar-refractivity contribution in [2.24, 2.45) is 13.0 Å².